The van der Waals surface area contributed by atoms with Crippen LogP contribution in [0.1, 0.15) is 50.8 Å². The molecule has 1 saturated carbocycles. The van der Waals surface area contributed by atoms with Crippen LogP contribution in [-0.2, 0) is 4.79 Å². The number of hydrogen-bond donors (Lipinski definition) is 1. The Kier molecular flexibility index (Phi) is 4.91. The Bertz CT molecular complexity index is 445. The summed E-state index contributed by atoms with van der Waals surface area (Å²) in [6.45, 7) is 4.32. The number of imidazole rings is 1. The molecule has 106 valence electrons. The van der Waals surface area contributed by atoms with E-state index in [1.807, 2.05) is 6.20 Å². The molecule has 0 radical (unpaired) electrons. The molecule has 0 spiro atoms. The third-order valence-corrected chi connectivity index (χ3v) is 4.95. The van der Waals surface area contributed by atoms with Gasteiger partial charge in [0.05, 0.1) is 5.75 Å². The van der Waals surface area contributed by atoms with Crippen molar-refractivity contribution in [3.63, 3.8) is 0 Å². The van der Waals surface area contributed by atoms with Crippen LogP contribution in [0.2, 0.25) is 0 Å². The Morgan fingerprint density at radius 2 is 2.26 bits per heavy atom. The van der Waals surface area contributed by atoms with Crippen LogP contribution >= 0.6 is 11.8 Å². The number of carboxylic acids is 1. The van der Waals surface area contributed by atoms with E-state index in [9.17, 15) is 4.79 Å². The van der Waals surface area contributed by atoms with Crippen LogP contribution in [0.3, 0.4) is 0 Å². The summed E-state index contributed by atoms with van der Waals surface area (Å²) in [6, 6.07) is 0.498. The minimum Gasteiger partial charge on any atom is -0.481 e. The molecule has 1 aromatic rings. The number of thioether (sulfide) groups is 1. The van der Waals surface area contributed by atoms with Crippen LogP contribution in [0.4, 0.5) is 0 Å². The first-order valence-electron chi connectivity index (χ1n) is 7.02. The molecule has 2 unspecified atom stereocenters. The van der Waals surface area contributed by atoms with Crippen molar-refractivity contribution in [1.29, 1.82) is 0 Å². The topological polar surface area (TPSA) is 55.1 Å². The Morgan fingerprint density at radius 3 is 2.95 bits per heavy atom. The van der Waals surface area contributed by atoms with Gasteiger partial charge in [0.1, 0.15) is 0 Å². The minimum absolute atomic E-state index is 0.0833. The van der Waals surface area contributed by atoms with Gasteiger partial charge in [-0.25, -0.2) is 4.98 Å². The highest BCUT2D eigenvalue weighted by Gasteiger charge is 2.28. The predicted molar refractivity (Wildman–Crippen MR) is 76.6 cm³/mol. The van der Waals surface area contributed by atoms with Crippen molar-refractivity contribution in [3.8, 4) is 0 Å². The Morgan fingerprint density at radius 1 is 1.53 bits per heavy atom. The molecule has 5 heteroatoms. The van der Waals surface area contributed by atoms with Gasteiger partial charge in [-0.15, -0.1) is 0 Å². The smallest absolute Gasteiger partial charge is 0.313 e. The van der Waals surface area contributed by atoms with Gasteiger partial charge in [-0.05, 0) is 25.7 Å². The second kappa shape index (κ2) is 6.46. The number of aromatic nitrogens is 2. The lowest BCUT2D eigenvalue weighted by atomic mass is 9.82. The zero-order valence-electron chi connectivity index (χ0n) is 11.6. The van der Waals surface area contributed by atoms with E-state index in [4.69, 9.17) is 5.11 Å². The molecule has 4 nitrogen and oxygen atoms in total. The zero-order valence-corrected chi connectivity index (χ0v) is 12.4. The van der Waals surface area contributed by atoms with Gasteiger partial charge in [-0.1, -0.05) is 37.9 Å². The first-order valence-corrected chi connectivity index (χ1v) is 8.00. The maximum atomic E-state index is 10.7. The van der Waals surface area contributed by atoms with E-state index in [1.54, 1.807) is 0 Å². The van der Waals surface area contributed by atoms with Crippen molar-refractivity contribution in [2.75, 3.05) is 5.75 Å². The van der Waals surface area contributed by atoms with E-state index in [-0.39, 0.29) is 5.75 Å². The molecule has 0 bridgehead atoms. The molecule has 2 rings (SSSR count). The van der Waals surface area contributed by atoms with E-state index in [0.29, 0.717) is 12.0 Å². The average Bonchev–Trinajstić information content (AvgIpc) is 2.77. The van der Waals surface area contributed by atoms with Gasteiger partial charge in [0, 0.05) is 17.9 Å². The number of rotatable bonds is 5. The SMILES string of the molecule is CCC1CCCCC1n1c(C)cnc1SCC(=O)O. The predicted octanol–water partition coefficient (Wildman–Crippen LogP) is 3.51. The van der Waals surface area contributed by atoms with Crippen molar-refractivity contribution >= 4 is 17.7 Å². The second-order valence-corrected chi connectivity index (χ2v) is 6.20. The first kappa shape index (κ1) is 14.4. The van der Waals surface area contributed by atoms with Gasteiger partial charge in [-0.2, -0.15) is 0 Å². The standard InChI is InChI=1S/C14H22N2O2S/c1-3-11-6-4-5-7-12(11)16-10(2)8-15-14(16)19-9-13(17)18/h8,11-12H,3-7,9H2,1-2H3,(H,17,18). The normalized spacial score (nSPS) is 23.5. The van der Waals surface area contributed by atoms with Crippen LogP contribution in [-0.4, -0.2) is 26.4 Å². The van der Waals surface area contributed by atoms with Crippen molar-refractivity contribution in [3.05, 3.63) is 11.9 Å². The molecular formula is C14H22N2O2S. The third kappa shape index (κ3) is 3.32. The van der Waals surface area contributed by atoms with E-state index in [0.717, 1.165) is 10.9 Å². The quantitative estimate of drug-likeness (QED) is 0.840. The van der Waals surface area contributed by atoms with Crippen molar-refractivity contribution in [1.82, 2.24) is 9.55 Å². The monoisotopic (exact) mass is 282 g/mol. The molecule has 0 aliphatic heterocycles. The lowest BCUT2D eigenvalue weighted by Crippen LogP contribution is -2.24. The average molecular weight is 282 g/mol. The van der Waals surface area contributed by atoms with Crippen molar-refractivity contribution < 1.29 is 9.90 Å². The summed E-state index contributed by atoms with van der Waals surface area (Å²) in [4.78, 5) is 15.1. The fourth-order valence-electron chi connectivity index (χ4n) is 3.06. The minimum atomic E-state index is -0.784. The maximum Gasteiger partial charge on any atom is 0.313 e. The summed E-state index contributed by atoms with van der Waals surface area (Å²) in [7, 11) is 0. The number of carbonyl (C=O) groups is 1. The molecule has 0 amide bonds. The Hall–Kier alpha value is -0.970. The van der Waals surface area contributed by atoms with Crippen molar-refractivity contribution in [2.45, 2.75) is 57.1 Å². The summed E-state index contributed by atoms with van der Waals surface area (Å²) in [5.74, 6) is -0.00122. The fourth-order valence-corrected chi connectivity index (χ4v) is 3.86. The van der Waals surface area contributed by atoms with Gasteiger partial charge >= 0.3 is 5.97 Å². The van der Waals surface area contributed by atoms with Crippen LogP contribution in [0, 0.1) is 12.8 Å². The highest BCUT2D eigenvalue weighted by atomic mass is 32.2. The maximum absolute atomic E-state index is 10.7. The van der Waals surface area contributed by atoms with Gasteiger partial charge < -0.3 is 9.67 Å². The summed E-state index contributed by atoms with van der Waals surface area (Å²) in [5.41, 5.74) is 1.15. The summed E-state index contributed by atoms with van der Waals surface area (Å²) in [5, 5.41) is 9.69. The molecule has 0 aromatic carbocycles. The van der Waals surface area contributed by atoms with Gasteiger partial charge in [-0.3, -0.25) is 4.79 Å². The Labute approximate surface area is 118 Å². The summed E-state index contributed by atoms with van der Waals surface area (Å²) < 4.78 is 2.28. The molecular weight excluding hydrogens is 260 g/mol. The zero-order chi connectivity index (χ0) is 13.8. The Balaban J connectivity index is 2.21. The molecule has 1 aliphatic rings. The molecule has 1 aromatic heterocycles. The highest BCUT2D eigenvalue weighted by Crippen LogP contribution is 2.38. The molecule has 1 heterocycles. The third-order valence-electron chi connectivity index (χ3n) is 4.00. The lowest BCUT2D eigenvalue weighted by Gasteiger charge is -2.33. The van der Waals surface area contributed by atoms with Gasteiger partial charge in [0.15, 0.2) is 5.16 Å². The van der Waals surface area contributed by atoms with Gasteiger partial charge in [0.25, 0.3) is 0 Å². The molecule has 2 atom stereocenters. The van der Waals surface area contributed by atoms with E-state index >= 15 is 0 Å². The van der Waals surface area contributed by atoms with E-state index in [2.05, 4.69) is 23.4 Å². The van der Waals surface area contributed by atoms with Crippen LogP contribution in [0.15, 0.2) is 11.4 Å². The molecule has 1 fully saturated rings. The van der Waals surface area contributed by atoms with Crippen LogP contribution in [0.25, 0.3) is 0 Å². The molecule has 0 saturated heterocycles. The number of nitrogens with zero attached hydrogens (tertiary/aromatic N) is 2. The lowest BCUT2D eigenvalue weighted by molar-refractivity contribution is -0.133. The number of aryl methyl sites for hydroxylation is 1. The number of hydrogen-bond acceptors (Lipinski definition) is 3. The number of carboxylic acid groups (broad SMARTS) is 1. The number of aliphatic carboxylic acids is 1. The van der Waals surface area contributed by atoms with Crippen LogP contribution in [0.5, 0.6) is 0 Å². The largest absolute Gasteiger partial charge is 0.481 e. The second-order valence-electron chi connectivity index (χ2n) is 5.25. The molecule has 1 N–H and O–H groups in total. The van der Waals surface area contributed by atoms with Crippen LogP contribution < -0.4 is 0 Å². The van der Waals surface area contributed by atoms with E-state index < -0.39 is 5.97 Å². The summed E-state index contributed by atoms with van der Waals surface area (Å²) >= 11 is 1.33. The highest BCUT2D eigenvalue weighted by molar-refractivity contribution is 7.99. The van der Waals surface area contributed by atoms with E-state index in [1.165, 1.54) is 43.9 Å². The van der Waals surface area contributed by atoms with Crippen molar-refractivity contribution in [2.24, 2.45) is 5.92 Å². The molecule has 1 aliphatic carbocycles. The summed E-state index contributed by atoms with van der Waals surface area (Å²) in [6.07, 6.45) is 8.11. The van der Waals surface area contributed by atoms with Gasteiger partial charge in [0.2, 0.25) is 0 Å². The fraction of sp³-hybridized carbons (Fsp3) is 0.714. The molecule has 19 heavy (non-hydrogen) atoms. The first-order chi connectivity index (χ1) is 9.13.